The predicted octanol–water partition coefficient (Wildman–Crippen LogP) is 2.71. The van der Waals surface area contributed by atoms with Crippen molar-refractivity contribution in [2.75, 3.05) is 16.0 Å². The van der Waals surface area contributed by atoms with Crippen molar-refractivity contribution in [3.63, 3.8) is 0 Å². The van der Waals surface area contributed by atoms with Crippen molar-refractivity contribution >= 4 is 35.0 Å². The summed E-state index contributed by atoms with van der Waals surface area (Å²) in [5.74, 6) is -3.52. The van der Waals surface area contributed by atoms with Crippen LogP contribution in [0, 0.1) is 0 Å². The van der Waals surface area contributed by atoms with Crippen molar-refractivity contribution < 1.29 is 18.4 Å². The second kappa shape index (κ2) is 6.21. The number of alkyl halides is 2. The third kappa shape index (κ3) is 3.27. The molecule has 0 aliphatic carbocycles. The molecule has 1 heterocycles. The van der Waals surface area contributed by atoms with Gasteiger partial charge in [0.05, 0.1) is 17.1 Å². The summed E-state index contributed by atoms with van der Waals surface area (Å²) in [6.07, 6.45) is 0.139. The second-order valence-corrected chi connectivity index (χ2v) is 5.43. The van der Waals surface area contributed by atoms with Gasteiger partial charge in [-0.15, -0.1) is 0 Å². The molecule has 1 aliphatic rings. The fraction of sp³-hybridized carbons (Fsp3) is 0.385. The van der Waals surface area contributed by atoms with E-state index in [1.165, 1.54) is 4.90 Å². The van der Waals surface area contributed by atoms with Gasteiger partial charge in [-0.1, -0.05) is 23.9 Å². The van der Waals surface area contributed by atoms with Crippen LogP contribution in [-0.4, -0.2) is 29.4 Å². The molecule has 0 aromatic heterocycles. The molecule has 0 fully saturated rings. The molecule has 2 rings (SSSR count). The monoisotopic (exact) mass is 300 g/mol. The molecule has 20 heavy (non-hydrogen) atoms. The predicted molar refractivity (Wildman–Crippen MR) is 75.1 cm³/mol. The summed E-state index contributed by atoms with van der Waals surface area (Å²) in [4.78, 5) is 25.3. The molecule has 1 N–H and O–H groups in total. The Labute approximate surface area is 119 Å². The van der Waals surface area contributed by atoms with Gasteiger partial charge >= 0.3 is 0 Å². The molecule has 1 aromatic rings. The number of hydrogen-bond acceptors (Lipinski definition) is 3. The van der Waals surface area contributed by atoms with Gasteiger partial charge < -0.3 is 10.2 Å². The molecule has 1 aromatic carbocycles. The van der Waals surface area contributed by atoms with Crippen molar-refractivity contribution in [3.8, 4) is 0 Å². The number of nitrogens with one attached hydrogen (secondary N) is 1. The minimum absolute atomic E-state index is 0.139. The molecule has 0 radical (unpaired) electrons. The number of rotatable bonds is 3. The molecule has 7 heteroatoms. The first kappa shape index (κ1) is 14.8. The van der Waals surface area contributed by atoms with E-state index >= 15 is 0 Å². The molecule has 0 bridgehead atoms. The minimum atomic E-state index is -2.59. The quantitative estimate of drug-likeness (QED) is 0.933. The zero-order valence-corrected chi connectivity index (χ0v) is 11.6. The van der Waals surface area contributed by atoms with Gasteiger partial charge in [-0.3, -0.25) is 9.59 Å². The summed E-state index contributed by atoms with van der Waals surface area (Å²) in [6.45, 7) is 1.73. The Bertz CT molecular complexity index is 525. The normalized spacial score (nSPS) is 18.5. The summed E-state index contributed by atoms with van der Waals surface area (Å²) in [6, 6.07) is 6.49. The fourth-order valence-electron chi connectivity index (χ4n) is 2.17. The topological polar surface area (TPSA) is 49.4 Å². The molecule has 2 amide bonds. The number of nitrogens with zero attached hydrogens (tertiary/aromatic N) is 1. The molecular formula is C13H14F2N2O2S. The Hall–Kier alpha value is -1.63. The first-order valence-corrected chi connectivity index (χ1v) is 7.14. The van der Waals surface area contributed by atoms with Crippen LogP contribution in [0.3, 0.4) is 0 Å². The van der Waals surface area contributed by atoms with Crippen LogP contribution >= 0.6 is 11.8 Å². The van der Waals surface area contributed by atoms with Crippen LogP contribution in [0.5, 0.6) is 0 Å². The van der Waals surface area contributed by atoms with E-state index in [9.17, 15) is 18.4 Å². The highest BCUT2D eigenvalue weighted by molar-refractivity contribution is 8.00. The number of anilines is 2. The van der Waals surface area contributed by atoms with Gasteiger partial charge in [-0.2, -0.15) is 8.78 Å². The van der Waals surface area contributed by atoms with Crippen molar-refractivity contribution in [1.82, 2.24) is 0 Å². The molecule has 1 atom stereocenters. The third-order valence-corrected chi connectivity index (χ3v) is 3.63. The maximum absolute atomic E-state index is 12.2. The number of para-hydroxylation sites is 2. The lowest BCUT2D eigenvalue weighted by molar-refractivity contribution is -0.117. The summed E-state index contributed by atoms with van der Waals surface area (Å²) in [5, 5.41) is 2.71. The van der Waals surface area contributed by atoms with Gasteiger partial charge in [0.25, 0.3) is 5.76 Å². The SMILES string of the molecule is CC1CC(=O)Nc2ccccc2N1C(=O)CSC(F)F. The van der Waals surface area contributed by atoms with E-state index in [0.717, 1.165) is 0 Å². The van der Waals surface area contributed by atoms with Crippen LogP contribution < -0.4 is 10.2 Å². The Kier molecular flexibility index (Phi) is 4.59. The van der Waals surface area contributed by atoms with Crippen molar-refractivity contribution in [3.05, 3.63) is 24.3 Å². The van der Waals surface area contributed by atoms with Crippen LogP contribution in [0.2, 0.25) is 0 Å². The lowest BCUT2D eigenvalue weighted by atomic mass is 10.2. The van der Waals surface area contributed by atoms with E-state index in [1.807, 2.05) is 0 Å². The molecule has 0 saturated carbocycles. The zero-order valence-electron chi connectivity index (χ0n) is 10.8. The Morgan fingerprint density at radius 3 is 2.90 bits per heavy atom. The van der Waals surface area contributed by atoms with Crippen LogP contribution in [0.4, 0.5) is 20.2 Å². The number of fused-ring (bicyclic) bond motifs is 1. The largest absolute Gasteiger partial charge is 0.324 e. The van der Waals surface area contributed by atoms with E-state index in [-0.39, 0.29) is 35.9 Å². The highest BCUT2D eigenvalue weighted by Gasteiger charge is 2.29. The van der Waals surface area contributed by atoms with Gasteiger partial charge in [0.2, 0.25) is 11.8 Å². The van der Waals surface area contributed by atoms with Gasteiger partial charge in [0.15, 0.2) is 0 Å². The van der Waals surface area contributed by atoms with Gasteiger partial charge in [0.1, 0.15) is 0 Å². The Morgan fingerprint density at radius 2 is 2.20 bits per heavy atom. The van der Waals surface area contributed by atoms with Gasteiger partial charge in [0, 0.05) is 12.5 Å². The number of halogens is 2. The van der Waals surface area contributed by atoms with Crippen LogP contribution in [-0.2, 0) is 9.59 Å². The number of carbonyl (C=O) groups excluding carboxylic acids is 2. The maximum atomic E-state index is 12.2. The van der Waals surface area contributed by atoms with Gasteiger partial charge in [-0.25, -0.2) is 0 Å². The molecule has 1 unspecified atom stereocenters. The van der Waals surface area contributed by atoms with Crippen LogP contribution in [0.1, 0.15) is 13.3 Å². The Balaban J connectivity index is 2.30. The number of benzene rings is 1. The van der Waals surface area contributed by atoms with E-state index < -0.39 is 11.7 Å². The Morgan fingerprint density at radius 1 is 1.50 bits per heavy atom. The maximum Gasteiger partial charge on any atom is 0.285 e. The van der Waals surface area contributed by atoms with E-state index in [0.29, 0.717) is 11.4 Å². The number of hydrogen-bond donors (Lipinski definition) is 1. The van der Waals surface area contributed by atoms with E-state index in [2.05, 4.69) is 5.32 Å². The average molecular weight is 300 g/mol. The second-order valence-electron chi connectivity index (χ2n) is 4.45. The van der Waals surface area contributed by atoms with Crippen molar-refractivity contribution in [1.29, 1.82) is 0 Å². The first-order chi connectivity index (χ1) is 9.49. The number of carbonyl (C=O) groups is 2. The summed E-state index contributed by atoms with van der Waals surface area (Å²) >= 11 is 0.287. The third-order valence-electron chi connectivity index (χ3n) is 2.96. The standard InChI is InChI=1S/C13H14F2N2O2S/c1-8-6-11(18)16-9-4-2-3-5-10(9)17(8)12(19)7-20-13(14)15/h2-5,8,13H,6-7H2,1H3,(H,16,18). The lowest BCUT2D eigenvalue weighted by Gasteiger charge is -2.27. The molecular weight excluding hydrogens is 286 g/mol. The molecule has 4 nitrogen and oxygen atoms in total. The van der Waals surface area contributed by atoms with E-state index in [1.54, 1.807) is 31.2 Å². The number of amides is 2. The minimum Gasteiger partial charge on any atom is -0.324 e. The van der Waals surface area contributed by atoms with Gasteiger partial charge in [-0.05, 0) is 19.1 Å². The highest BCUT2D eigenvalue weighted by atomic mass is 32.2. The zero-order chi connectivity index (χ0) is 14.7. The summed E-state index contributed by atoms with van der Waals surface area (Å²) < 4.78 is 24.4. The van der Waals surface area contributed by atoms with Crippen molar-refractivity contribution in [2.45, 2.75) is 25.1 Å². The molecule has 108 valence electrons. The highest BCUT2D eigenvalue weighted by Crippen LogP contribution is 2.32. The number of thioether (sulfide) groups is 1. The smallest absolute Gasteiger partial charge is 0.285 e. The first-order valence-electron chi connectivity index (χ1n) is 6.09. The molecule has 1 aliphatic heterocycles. The fourth-order valence-corrected chi connectivity index (χ4v) is 2.58. The van der Waals surface area contributed by atoms with Crippen LogP contribution in [0.25, 0.3) is 0 Å². The summed E-state index contributed by atoms with van der Waals surface area (Å²) in [5.41, 5.74) is 1.07. The average Bonchev–Trinajstić information content (AvgIpc) is 2.50. The van der Waals surface area contributed by atoms with Crippen molar-refractivity contribution in [2.24, 2.45) is 0 Å². The molecule has 0 saturated heterocycles. The van der Waals surface area contributed by atoms with E-state index in [4.69, 9.17) is 0 Å². The lowest BCUT2D eigenvalue weighted by Crippen LogP contribution is -2.40. The van der Waals surface area contributed by atoms with Crippen LogP contribution in [0.15, 0.2) is 24.3 Å². The summed E-state index contributed by atoms with van der Waals surface area (Å²) in [7, 11) is 0. The molecule has 0 spiro atoms.